The molecule has 1 saturated heterocycles. The molecule has 0 radical (unpaired) electrons. The number of aliphatic hydroxyl groups is 1. The molecule has 2 atom stereocenters. The normalized spacial score (nSPS) is 24.6. The van der Waals surface area contributed by atoms with Gasteiger partial charge in [0.1, 0.15) is 0 Å². The Morgan fingerprint density at radius 3 is 2.71 bits per heavy atom. The van der Waals surface area contributed by atoms with E-state index in [9.17, 15) is 9.90 Å². The number of carbonyl (C=O) groups excluding carboxylic acids is 1. The number of nitrogens with zero attached hydrogens (tertiary/aromatic N) is 2. The van der Waals surface area contributed by atoms with Gasteiger partial charge in [0.2, 0.25) is 5.91 Å². The average Bonchev–Trinajstić information content (AvgIpc) is 2.58. The quantitative estimate of drug-likeness (QED) is 0.709. The maximum absolute atomic E-state index is 12.1. The summed E-state index contributed by atoms with van der Waals surface area (Å²) in [6.07, 6.45) is 4.23. The summed E-state index contributed by atoms with van der Waals surface area (Å²) in [7, 11) is 4.01. The minimum atomic E-state index is -0.338. The fraction of sp³-hybridized carbons (Fsp3) is 0.923. The van der Waals surface area contributed by atoms with Crippen molar-refractivity contribution in [1.29, 1.82) is 0 Å². The molecule has 1 amide bonds. The van der Waals surface area contributed by atoms with Gasteiger partial charge in [-0.3, -0.25) is 4.79 Å². The highest BCUT2D eigenvalue weighted by molar-refractivity contribution is 5.76. The Bertz CT molecular complexity index is 244. The summed E-state index contributed by atoms with van der Waals surface area (Å²) in [5.41, 5.74) is 0. The molecular weight excluding hydrogens is 216 g/mol. The summed E-state index contributed by atoms with van der Waals surface area (Å²) in [5.74, 6) is 0.210. The Kier molecular flexibility index (Phi) is 5.92. The molecule has 1 aliphatic heterocycles. The fourth-order valence-corrected chi connectivity index (χ4v) is 2.46. The van der Waals surface area contributed by atoms with Crippen LogP contribution < -0.4 is 0 Å². The largest absolute Gasteiger partial charge is 0.391 e. The molecule has 1 heterocycles. The van der Waals surface area contributed by atoms with Gasteiger partial charge in [-0.25, -0.2) is 0 Å². The number of likely N-dealkylation sites (N-methyl/N-ethyl adjacent to an activating group) is 1. The maximum Gasteiger partial charge on any atom is 0.222 e. The molecule has 0 spiro atoms. The number of likely N-dealkylation sites (tertiary alicyclic amines) is 1. The summed E-state index contributed by atoms with van der Waals surface area (Å²) in [5, 5.41) is 9.69. The van der Waals surface area contributed by atoms with Crippen molar-refractivity contribution in [2.75, 3.05) is 27.2 Å². The number of aliphatic hydroxyl groups excluding tert-OH is 1. The lowest BCUT2D eigenvalue weighted by Gasteiger charge is -2.26. The lowest BCUT2D eigenvalue weighted by atomic mass is 10.1. The number of carbonyl (C=O) groups is 1. The monoisotopic (exact) mass is 242 g/mol. The van der Waals surface area contributed by atoms with Gasteiger partial charge in [-0.2, -0.15) is 0 Å². The van der Waals surface area contributed by atoms with E-state index < -0.39 is 0 Å². The summed E-state index contributed by atoms with van der Waals surface area (Å²) in [4.78, 5) is 16.0. The Morgan fingerprint density at radius 2 is 2.12 bits per heavy atom. The third-order valence-corrected chi connectivity index (χ3v) is 3.28. The first-order valence-electron chi connectivity index (χ1n) is 6.66. The van der Waals surface area contributed by atoms with Gasteiger partial charge in [0.15, 0.2) is 0 Å². The topological polar surface area (TPSA) is 43.8 Å². The Hall–Kier alpha value is -0.610. The second-order valence-corrected chi connectivity index (χ2v) is 5.31. The van der Waals surface area contributed by atoms with Crippen LogP contribution in [0.1, 0.15) is 39.0 Å². The van der Waals surface area contributed by atoms with Gasteiger partial charge in [0, 0.05) is 25.6 Å². The van der Waals surface area contributed by atoms with Crippen molar-refractivity contribution < 1.29 is 9.90 Å². The first kappa shape index (κ1) is 14.5. The van der Waals surface area contributed by atoms with Crippen LogP contribution in [0.15, 0.2) is 0 Å². The van der Waals surface area contributed by atoms with E-state index in [1.165, 1.54) is 0 Å². The van der Waals surface area contributed by atoms with Gasteiger partial charge >= 0.3 is 0 Å². The van der Waals surface area contributed by atoms with Crippen molar-refractivity contribution in [3.05, 3.63) is 0 Å². The van der Waals surface area contributed by atoms with Crippen molar-refractivity contribution >= 4 is 5.91 Å². The Balaban J connectivity index is 2.45. The summed E-state index contributed by atoms with van der Waals surface area (Å²) in [6, 6.07) is 0.189. The van der Waals surface area contributed by atoms with Gasteiger partial charge in [-0.1, -0.05) is 19.8 Å². The standard InChI is InChI=1S/C13H26N2O2/c1-4-5-6-7-13(17)15-10-12(16)8-11(15)9-14(2)3/h11-12,16H,4-10H2,1-3H3. The third-order valence-electron chi connectivity index (χ3n) is 3.28. The van der Waals surface area contributed by atoms with E-state index in [0.29, 0.717) is 13.0 Å². The minimum Gasteiger partial charge on any atom is -0.391 e. The van der Waals surface area contributed by atoms with Crippen LogP contribution in [0.2, 0.25) is 0 Å². The summed E-state index contributed by atoms with van der Waals surface area (Å²) in [6.45, 7) is 3.50. The Morgan fingerprint density at radius 1 is 1.41 bits per heavy atom. The highest BCUT2D eigenvalue weighted by Gasteiger charge is 2.33. The number of unbranched alkanes of at least 4 members (excludes halogenated alkanes) is 2. The van der Waals surface area contributed by atoms with Gasteiger partial charge in [0.25, 0.3) is 0 Å². The first-order chi connectivity index (χ1) is 8.04. The van der Waals surface area contributed by atoms with Crippen LogP contribution in [0.3, 0.4) is 0 Å². The third kappa shape index (κ3) is 4.64. The van der Waals surface area contributed by atoms with Crippen LogP contribution in [-0.2, 0) is 4.79 Å². The van der Waals surface area contributed by atoms with Gasteiger partial charge < -0.3 is 14.9 Å². The van der Waals surface area contributed by atoms with E-state index in [2.05, 4.69) is 11.8 Å². The minimum absolute atomic E-state index is 0.189. The molecule has 0 aromatic rings. The van der Waals surface area contributed by atoms with Crippen molar-refractivity contribution in [1.82, 2.24) is 9.80 Å². The van der Waals surface area contributed by atoms with Crippen molar-refractivity contribution in [3.8, 4) is 0 Å². The molecule has 4 nitrogen and oxygen atoms in total. The van der Waals surface area contributed by atoms with Crippen LogP contribution in [0.25, 0.3) is 0 Å². The number of amides is 1. The number of hydrogen-bond acceptors (Lipinski definition) is 3. The van der Waals surface area contributed by atoms with Gasteiger partial charge in [0.05, 0.1) is 6.10 Å². The molecule has 17 heavy (non-hydrogen) atoms. The maximum atomic E-state index is 12.1. The van der Waals surface area contributed by atoms with E-state index in [1.54, 1.807) is 0 Å². The molecule has 0 aliphatic carbocycles. The first-order valence-corrected chi connectivity index (χ1v) is 6.66. The molecule has 2 unspecified atom stereocenters. The van der Waals surface area contributed by atoms with E-state index in [1.807, 2.05) is 19.0 Å². The van der Waals surface area contributed by atoms with Crippen LogP contribution in [-0.4, -0.2) is 60.1 Å². The van der Waals surface area contributed by atoms with Crippen LogP contribution >= 0.6 is 0 Å². The molecule has 0 aromatic carbocycles. The van der Waals surface area contributed by atoms with Crippen LogP contribution in [0, 0.1) is 0 Å². The zero-order valence-electron chi connectivity index (χ0n) is 11.4. The van der Waals surface area contributed by atoms with Gasteiger partial charge in [-0.15, -0.1) is 0 Å². The molecular formula is C13H26N2O2. The Labute approximate surface area is 105 Å². The molecule has 0 saturated carbocycles. The molecule has 4 heteroatoms. The molecule has 100 valence electrons. The number of β-amino-alcohol motifs (C(OH)–C–C–N with tert-alkyl or cyclic N) is 1. The molecule has 1 aliphatic rings. The molecule has 1 N–H and O–H groups in total. The molecule has 0 aromatic heterocycles. The highest BCUT2D eigenvalue weighted by atomic mass is 16.3. The predicted molar refractivity (Wildman–Crippen MR) is 68.8 cm³/mol. The van der Waals surface area contributed by atoms with E-state index in [4.69, 9.17) is 0 Å². The van der Waals surface area contributed by atoms with Crippen molar-refractivity contribution in [2.45, 2.75) is 51.2 Å². The van der Waals surface area contributed by atoms with Crippen molar-refractivity contribution in [3.63, 3.8) is 0 Å². The zero-order chi connectivity index (χ0) is 12.8. The van der Waals surface area contributed by atoms with E-state index >= 15 is 0 Å². The SMILES string of the molecule is CCCCCC(=O)N1CC(O)CC1CN(C)C. The zero-order valence-corrected chi connectivity index (χ0v) is 11.4. The van der Waals surface area contributed by atoms with Crippen molar-refractivity contribution in [2.24, 2.45) is 0 Å². The van der Waals surface area contributed by atoms with E-state index in [0.717, 1.165) is 32.2 Å². The van der Waals surface area contributed by atoms with Gasteiger partial charge in [-0.05, 0) is 26.9 Å². The lowest BCUT2D eigenvalue weighted by molar-refractivity contribution is -0.132. The van der Waals surface area contributed by atoms with Crippen LogP contribution in [0.5, 0.6) is 0 Å². The molecule has 1 rings (SSSR count). The summed E-state index contributed by atoms with van der Waals surface area (Å²) >= 11 is 0. The predicted octanol–water partition coefficient (Wildman–Crippen LogP) is 1.09. The second kappa shape index (κ2) is 6.97. The number of hydrogen-bond donors (Lipinski definition) is 1. The smallest absolute Gasteiger partial charge is 0.222 e. The number of rotatable bonds is 6. The van der Waals surface area contributed by atoms with Crippen LogP contribution in [0.4, 0.5) is 0 Å². The average molecular weight is 242 g/mol. The lowest BCUT2D eigenvalue weighted by Crippen LogP contribution is -2.41. The second-order valence-electron chi connectivity index (χ2n) is 5.31. The van der Waals surface area contributed by atoms with E-state index in [-0.39, 0.29) is 18.1 Å². The fourth-order valence-electron chi connectivity index (χ4n) is 2.46. The molecule has 1 fully saturated rings. The summed E-state index contributed by atoms with van der Waals surface area (Å²) < 4.78 is 0. The molecule has 0 bridgehead atoms. The highest BCUT2D eigenvalue weighted by Crippen LogP contribution is 2.20.